The maximum Gasteiger partial charge on any atom is 0.132 e. The molecule has 5 heteroatoms. The van der Waals surface area contributed by atoms with Gasteiger partial charge in [-0.1, -0.05) is 12.1 Å². The highest BCUT2D eigenvalue weighted by atomic mass is 79.9. The smallest absolute Gasteiger partial charge is 0.132 e. The summed E-state index contributed by atoms with van der Waals surface area (Å²) >= 11 is 3.40. The van der Waals surface area contributed by atoms with Crippen molar-refractivity contribution in [1.29, 1.82) is 0 Å². The second-order valence-corrected chi connectivity index (χ2v) is 4.21. The molecule has 1 heterocycles. The van der Waals surface area contributed by atoms with Crippen molar-refractivity contribution in [2.45, 2.75) is 6.54 Å². The van der Waals surface area contributed by atoms with Crippen LogP contribution in [-0.4, -0.2) is 9.78 Å². The Balaban J connectivity index is 2.62. The van der Waals surface area contributed by atoms with Crippen molar-refractivity contribution in [3.8, 4) is 11.3 Å². The van der Waals surface area contributed by atoms with Gasteiger partial charge in [0, 0.05) is 19.2 Å². The van der Waals surface area contributed by atoms with E-state index in [1.165, 1.54) is 6.07 Å². The molecule has 16 heavy (non-hydrogen) atoms. The molecule has 84 valence electrons. The summed E-state index contributed by atoms with van der Waals surface area (Å²) in [6, 6.07) is 6.54. The lowest BCUT2D eigenvalue weighted by atomic mass is 10.1. The van der Waals surface area contributed by atoms with Crippen molar-refractivity contribution in [1.82, 2.24) is 9.78 Å². The lowest BCUT2D eigenvalue weighted by Crippen LogP contribution is -2.04. The van der Waals surface area contributed by atoms with Crippen LogP contribution in [0.3, 0.4) is 0 Å². The summed E-state index contributed by atoms with van der Waals surface area (Å²) in [5.74, 6) is -0.287. The van der Waals surface area contributed by atoms with Crippen LogP contribution in [0, 0.1) is 5.82 Å². The summed E-state index contributed by atoms with van der Waals surface area (Å²) in [6.45, 7) is 0.360. The van der Waals surface area contributed by atoms with Crippen LogP contribution in [-0.2, 0) is 13.6 Å². The molecular weight excluding hydrogens is 273 g/mol. The Morgan fingerprint density at radius 1 is 1.44 bits per heavy atom. The first-order valence-electron chi connectivity index (χ1n) is 4.81. The average molecular weight is 284 g/mol. The van der Waals surface area contributed by atoms with E-state index in [2.05, 4.69) is 21.0 Å². The fourth-order valence-corrected chi connectivity index (χ4v) is 2.29. The number of nitrogens with two attached hydrogens (primary N) is 1. The molecule has 1 aromatic carbocycles. The first-order chi connectivity index (χ1) is 7.65. The molecule has 0 fully saturated rings. The van der Waals surface area contributed by atoms with E-state index >= 15 is 0 Å². The third-order valence-electron chi connectivity index (χ3n) is 2.42. The molecule has 0 aliphatic heterocycles. The molecule has 0 aliphatic rings. The zero-order chi connectivity index (χ0) is 11.7. The molecule has 0 spiro atoms. The highest BCUT2D eigenvalue weighted by Gasteiger charge is 2.16. The van der Waals surface area contributed by atoms with Crippen LogP contribution in [0.2, 0.25) is 0 Å². The number of aryl methyl sites for hydroxylation is 1. The summed E-state index contributed by atoms with van der Waals surface area (Å²) < 4.78 is 16.0. The molecule has 0 bridgehead atoms. The summed E-state index contributed by atoms with van der Waals surface area (Å²) in [7, 11) is 1.79. The summed E-state index contributed by atoms with van der Waals surface area (Å²) in [5, 5.41) is 4.26. The van der Waals surface area contributed by atoms with Gasteiger partial charge in [0.1, 0.15) is 11.5 Å². The SMILES string of the molecule is Cn1nc(-c2ccccc2F)c(Br)c1CN. The molecule has 3 nitrogen and oxygen atoms in total. The zero-order valence-corrected chi connectivity index (χ0v) is 10.3. The molecule has 2 N–H and O–H groups in total. The third kappa shape index (κ3) is 1.76. The lowest BCUT2D eigenvalue weighted by Gasteiger charge is -1.99. The predicted molar refractivity (Wildman–Crippen MR) is 64.2 cm³/mol. The molecule has 0 radical (unpaired) electrons. The Morgan fingerprint density at radius 2 is 2.12 bits per heavy atom. The number of halogens is 2. The van der Waals surface area contributed by atoms with E-state index in [1.807, 2.05) is 0 Å². The molecule has 2 aromatic rings. The minimum absolute atomic E-state index is 0.287. The second-order valence-electron chi connectivity index (χ2n) is 3.42. The third-order valence-corrected chi connectivity index (χ3v) is 3.26. The molecule has 1 aromatic heterocycles. The number of hydrogen-bond acceptors (Lipinski definition) is 2. The monoisotopic (exact) mass is 283 g/mol. The highest BCUT2D eigenvalue weighted by Crippen LogP contribution is 2.31. The van der Waals surface area contributed by atoms with Crippen molar-refractivity contribution >= 4 is 15.9 Å². The largest absolute Gasteiger partial charge is 0.325 e. The number of nitrogens with zero attached hydrogens (tertiary/aromatic N) is 2. The molecule has 0 saturated heterocycles. The van der Waals surface area contributed by atoms with E-state index in [4.69, 9.17) is 5.73 Å². The Hall–Kier alpha value is -1.20. The van der Waals surface area contributed by atoms with E-state index in [1.54, 1.807) is 29.9 Å². The van der Waals surface area contributed by atoms with Gasteiger partial charge in [0.15, 0.2) is 0 Å². The number of hydrogen-bond donors (Lipinski definition) is 1. The van der Waals surface area contributed by atoms with Crippen LogP contribution in [0.4, 0.5) is 4.39 Å². The van der Waals surface area contributed by atoms with E-state index in [-0.39, 0.29) is 5.82 Å². The molecule has 0 saturated carbocycles. The van der Waals surface area contributed by atoms with Gasteiger partial charge in [0.25, 0.3) is 0 Å². The highest BCUT2D eigenvalue weighted by molar-refractivity contribution is 9.10. The fraction of sp³-hybridized carbons (Fsp3) is 0.182. The molecule has 2 rings (SSSR count). The molecule has 0 unspecified atom stereocenters. The Bertz CT molecular complexity index is 522. The number of rotatable bonds is 2. The molecular formula is C11H11BrFN3. The van der Waals surface area contributed by atoms with Crippen LogP contribution in [0.1, 0.15) is 5.69 Å². The van der Waals surface area contributed by atoms with Gasteiger partial charge < -0.3 is 5.73 Å². The van der Waals surface area contributed by atoms with Gasteiger partial charge in [-0.05, 0) is 28.1 Å². The maximum atomic E-state index is 13.6. The van der Waals surface area contributed by atoms with E-state index in [9.17, 15) is 4.39 Å². The van der Waals surface area contributed by atoms with Crippen LogP contribution >= 0.6 is 15.9 Å². The number of aromatic nitrogens is 2. The van der Waals surface area contributed by atoms with Crippen molar-refractivity contribution in [3.05, 3.63) is 40.2 Å². The van der Waals surface area contributed by atoms with E-state index < -0.39 is 0 Å². The van der Waals surface area contributed by atoms with Gasteiger partial charge in [-0.3, -0.25) is 4.68 Å². The fourth-order valence-electron chi connectivity index (χ4n) is 1.58. The van der Waals surface area contributed by atoms with Crippen molar-refractivity contribution in [2.24, 2.45) is 12.8 Å². The van der Waals surface area contributed by atoms with Crippen molar-refractivity contribution in [3.63, 3.8) is 0 Å². The summed E-state index contributed by atoms with van der Waals surface area (Å²) in [4.78, 5) is 0. The summed E-state index contributed by atoms with van der Waals surface area (Å²) in [6.07, 6.45) is 0. The minimum Gasteiger partial charge on any atom is -0.325 e. The first kappa shape index (κ1) is 11.3. The standard InChI is InChI=1S/C11H11BrFN3/c1-16-9(6-14)10(12)11(15-16)7-4-2-3-5-8(7)13/h2-5H,6,14H2,1H3. The Labute approximate surface area is 101 Å². The van der Waals surface area contributed by atoms with Gasteiger partial charge >= 0.3 is 0 Å². The Kier molecular flexibility index (Phi) is 3.07. The van der Waals surface area contributed by atoms with Crippen LogP contribution < -0.4 is 5.73 Å². The lowest BCUT2D eigenvalue weighted by molar-refractivity contribution is 0.629. The van der Waals surface area contributed by atoms with Gasteiger partial charge in [0.2, 0.25) is 0 Å². The number of benzene rings is 1. The van der Waals surface area contributed by atoms with Crippen LogP contribution in [0.5, 0.6) is 0 Å². The van der Waals surface area contributed by atoms with Gasteiger partial charge in [0.05, 0.1) is 10.2 Å². The Morgan fingerprint density at radius 3 is 2.69 bits per heavy atom. The predicted octanol–water partition coefficient (Wildman–Crippen LogP) is 2.45. The van der Waals surface area contributed by atoms with Crippen molar-refractivity contribution < 1.29 is 4.39 Å². The average Bonchev–Trinajstić information content (AvgIpc) is 2.55. The normalized spacial score (nSPS) is 10.8. The first-order valence-corrected chi connectivity index (χ1v) is 5.60. The van der Waals surface area contributed by atoms with Crippen LogP contribution in [0.25, 0.3) is 11.3 Å². The van der Waals surface area contributed by atoms with E-state index in [0.717, 1.165) is 10.2 Å². The van der Waals surface area contributed by atoms with Gasteiger partial charge in [-0.25, -0.2) is 4.39 Å². The topological polar surface area (TPSA) is 43.8 Å². The van der Waals surface area contributed by atoms with Gasteiger partial charge in [-0.15, -0.1) is 0 Å². The minimum atomic E-state index is -0.287. The second kappa shape index (κ2) is 4.35. The molecule has 0 atom stereocenters. The van der Waals surface area contributed by atoms with Crippen molar-refractivity contribution in [2.75, 3.05) is 0 Å². The molecule has 0 amide bonds. The zero-order valence-electron chi connectivity index (χ0n) is 8.74. The van der Waals surface area contributed by atoms with Gasteiger partial charge in [-0.2, -0.15) is 5.10 Å². The maximum absolute atomic E-state index is 13.6. The quantitative estimate of drug-likeness (QED) is 0.920. The van der Waals surface area contributed by atoms with Crippen LogP contribution in [0.15, 0.2) is 28.7 Å². The molecule has 0 aliphatic carbocycles. The van der Waals surface area contributed by atoms with E-state index in [0.29, 0.717) is 17.8 Å². The summed E-state index contributed by atoms with van der Waals surface area (Å²) in [5.41, 5.74) is 7.50.